The van der Waals surface area contributed by atoms with E-state index in [1.807, 2.05) is 42.5 Å². The van der Waals surface area contributed by atoms with Crippen molar-refractivity contribution in [1.82, 2.24) is 9.97 Å². The Morgan fingerprint density at radius 3 is 1.70 bits per heavy atom. The van der Waals surface area contributed by atoms with Gasteiger partial charge < -0.3 is 5.32 Å². The van der Waals surface area contributed by atoms with Crippen molar-refractivity contribution in [2.24, 2.45) is 0 Å². The van der Waals surface area contributed by atoms with Crippen LogP contribution in [0.4, 0.5) is 11.6 Å². The predicted octanol–water partition coefficient (Wildman–Crippen LogP) is 6.17. The lowest BCUT2D eigenvalue weighted by Gasteiger charge is -2.12. The fraction of sp³-hybridized carbons (Fsp3) is 0.0833. The van der Waals surface area contributed by atoms with Gasteiger partial charge in [-0.25, -0.2) is 9.97 Å². The van der Waals surface area contributed by atoms with Crippen LogP contribution in [0.2, 0.25) is 0 Å². The molecule has 3 heteroatoms. The number of rotatable bonds is 4. The third-order valence-electron chi connectivity index (χ3n) is 4.49. The highest BCUT2D eigenvalue weighted by Crippen LogP contribution is 2.27. The minimum atomic E-state index is 0.599. The van der Waals surface area contributed by atoms with Gasteiger partial charge in [-0.3, -0.25) is 0 Å². The summed E-state index contributed by atoms with van der Waals surface area (Å²) >= 11 is 0. The summed E-state index contributed by atoms with van der Waals surface area (Å²) in [5, 5.41) is 3.40. The molecule has 0 fully saturated rings. The molecule has 1 aromatic heterocycles. The van der Waals surface area contributed by atoms with Crippen LogP contribution in [0.1, 0.15) is 11.1 Å². The third-order valence-corrected chi connectivity index (χ3v) is 4.49. The maximum absolute atomic E-state index is 4.77. The zero-order chi connectivity index (χ0) is 18.6. The standard InChI is InChI=1S/C24H21N3/c1-17-13-14-21(18(2)15-17)25-24-26-22(19-9-5-3-6-10-19)16-23(27-24)20-11-7-4-8-12-20/h3-16H,1-2H3,(H,25,26,27). The lowest BCUT2D eigenvalue weighted by Crippen LogP contribution is -2.01. The van der Waals surface area contributed by atoms with Crippen molar-refractivity contribution in [2.75, 3.05) is 5.32 Å². The van der Waals surface area contributed by atoms with Gasteiger partial charge in [-0.05, 0) is 31.5 Å². The molecule has 132 valence electrons. The van der Waals surface area contributed by atoms with Gasteiger partial charge in [0.1, 0.15) is 0 Å². The van der Waals surface area contributed by atoms with E-state index in [-0.39, 0.29) is 0 Å². The van der Waals surface area contributed by atoms with E-state index in [9.17, 15) is 0 Å². The zero-order valence-corrected chi connectivity index (χ0v) is 15.5. The molecule has 0 aliphatic rings. The Kier molecular flexibility index (Phi) is 4.67. The van der Waals surface area contributed by atoms with E-state index in [0.29, 0.717) is 5.95 Å². The molecule has 0 bridgehead atoms. The molecule has 3 aromatic carbocycles. The van der Waals surface area contributed by atoms with E-state index in [1.165, 1.54) is 11.1 Å². The number of aromatic nitrogens is 2. The second kappa shape index (κ2) is 7.42. The Bertz CT molecular complexity index is 1000. The maximum atomic E-state index is 4.77. The first-order chi connectivity index (χ1) is 13.2. The topological polar surface area (TPSA) is 37.8 Å². The summed E-state index contributed by atoms with van der Waals surface area (Å²) in [6.45, 7) is 4.19. The van der Waals surface area contributed by atoms with Crippen LogP contribution >= 0.6 is 0 Å². The summed E-state index contributed by atoms with van der Waals surface area (Å²) in [6.07, 6.45) is 0. The molecular formula is C24H21N3. The second-order valence-electron chi connectivity index (χ2n) is 6.64. The fourth-order valence-electron chi connectivity index (χ4n) is 3.09. The van der Waals surface area contributed by atoms with E-state index >= 15 is 0 Å². The van der Waals surface area contributed by atoms with Gasteiger partial charge in [-0.1, -0.05) is 78.4 Å². The highest BCUT2D eigenvalue weighted by Gasteiger charge is 2.09. The summed E-state index contributed by atoms with van der Waals surface area (Å²) in [5.74, 6) is 0.599. The molecule has 0 aliphatic heterocycles. The van der Waals surface area contributed by atoms with E-state index in [4.69, 9.17) is 9.97 Å². The summed E-state index contributed by atoms with van der Waals surface area (Å²) in [4.78, 5) is 9.53. The van der Waals surface area contributed by atoms with Gasteiger partial charge in [0.25, 0.3) is 0 Å². The number of hydrogen-bond donors (Lipinski definition) is 1. The SMILES string of the molecule is Cc1ccc(Nc2nc(-c3ccccc3)cc(-c3ccccc3)n2)c(C)c1. The van der Waals surface area contributed by atoms with Crippen LogP contribution < -0.4 is 5.32 Å². The Labute approximate surface area is 159 Å². The van der Waals surface area contributed by atoms with Crippen LogP contribution in [0.5, 0.6) is 0 Å². The Balaban J connectivity index is 1.80. The molecule has 4 rings (SSSR count). The van der Waals surface area contributed by atoms with Crippen molar-refractivity contribution in [3.8, 4) is 22.5 Å². The Morgan fingerprint density at radius 1 is 0.630 bits per heavy atom. The molecule has 0 saturated heterocycles. The average Bonchev–Trinajstić information content (AvgIpc) is 2.71. The molecule has 0 spiro atoms. The maximum Gasteiger partial charge on any atom is 0.228 e. The summed E-state index contributed by atoms with van der Waals surface area (Å²) in [6, 6.07) is 28.8. The smallest absolute Gasteiger partial charge is 0.228 e. The average molecular weight is 351 g/mol. The van der Waals surface area contributed by atoms with Crippen molar-refractivity contribution in [3.63, 3.8) is 0 Å². The molecule has 0 atom stereocenters. The van der Waals surface area contributed by atoms with Crippen LogP contribution in [-0.2, 0) is 0 Å². The highest BCUT2D eigenvalue weighted by molar-refractivity contribution is 5.71. The fourth-order valence-corrected chi connectivity index (χ4v) is 3.09. The minimum absolute atomic E-state index is 0.599. The monoisotopic (exact) mass is 351 g/mol. The van der Waals surface area contributed by atoms with Crippen molar-refractivity contribution in [2.45, 2.75) is 13.8 Å². The zero-order valence-electron chi connectivity index (χ0n) is 15.5. The summed E-state index contributed by atoms with van der Waals surface area (Å²) in [5.41, 5.74) is 7.37. The van der Waals surface area contributed by atoms with Crippen LogP contribution in [0.3, 0.4) is 0 Å². The molecule has 0 saturated carbocycles. The van der Waals surface area contributed by atoms with Crippen LogP contribution in [-0.4, -0.2) is 9.97 Å². The normalized spacial score (nSPS) is 10.6. The van der Waals surface area contributed by atoms with Crippen LogP contribution in [0, 0.1) is 13.8 Å². The van der Waals surface area contributed by atoms with Gasteiger partial charge >= 0.3 is 0 Å². The van der Waals surface area contributed by atoms with Crippen molar-refractivity contribution < 1.29 is 0 Å². The number of benzene rings is 3. The summed E-state index contributed by atoms with van der Waals surface area (Å²) in [7, 11) is 0. The number of hydrogen-bond acceptors (Lipinski definition) is 3. The molecule has 0 aliphatic carbocycles. The lowest BCUT2D eigenvalue weighted by atomic mass is 10.1. The first kappa shape index (κ1) is 17.0. The van der Waals surface area contributed by atoms with Gasteiger partial charge in [-0.15, -0.1) is 0 Å². The molecule has 3 nitrogen and oxygen atoms in total. The van der Waals surface area contributed by atoms with Crippen molar-refractivity contribution in [1.29, 1.82) is 0 Å². The quantitative estimate of drug-likeness (QED) is 0.478. The number of aryl methyl sites for hydroxylation is 2. The van der Waals surface area contributed by atoms with E-state index in [1.54, 1.807) is 0 Å². The molecule has 4 aromatic rings. The number of nitrogens with zero attached hydrogens (tertiary/aromatic N) is 2. The first-order valence-corrected chi connectivity index (χ1v) is 9.03. The second-order valence-corrected chi connectivity index (χ2v) is 6.64. The Hall–Kier alpha value is -3.46. The van der Waals surface area contributed by atoms with Gasteiger partial charge in [0.2, 0.25) is 5.95 Å². The van der Waals surface area contributed by atoms with Gasteiger partial charge in [0.05, 0.1) is 11.4 Å². The molecule has 0 amide bonds. The first-order valence-electron chi connectivity index (χ1n) is 9.03. The Morgan fingerprint density at radius 2 is 1.19 bits per heavy atom. The van der Waals surface area contributed by atoms with Gasteiger partial charge in [0, 0.05) is 16.8 Å². The molecule has 1 N–H and O–H groups in total. The van der Waals surface area contributed by atoms with Crippen LogP contribution in [0.25, 0.3) is 22.5 Å². The molecule has 0 radical (unpaired) electrons. The lowest BCUT2D eigenvalue weighted by molar-refractivity contribution is 1.17. The molecule has 1 heterocycles. The van der Waals surface area contributed by atoms with E-state index < -0.39 is 0 Å². The van der Waals surface area contributed by atoms with Gasteiger partial charge in [0.15, 0.2) is 0 Å². The number of anilines is 2. The van der Waals surface area contributed by atoms with Crippen molar-refractivity contribution >= 4 is 11.6 Å². The minimum Gasteiger partial charge on any atom is -0.324 e. The van der Waals surface area contributed by atoms with Gasteiger partial charge in [-0.2, -0.15) is 0 Å². The number of nitrogens with one attached hydrogen (secondary N) is 1. The molecule has 27 heavy (non-hydrogen) atoms. The van der Waals surface area contributed by atoms with E-state index in [2.05, 4.69) is 61.6 Å². The molecular weight excluding hydrogens is 330 g/mol. The largest absolute Gasteiger partial charge is 0.324 e. The van der Waals surface area contributed by atoms with Crippen LogP contribution in [0.15, 0.2) is 84.9 Å². The van der Waals surface area contributed by atoms with Crippen molar-refractivity contribution in [3.05, 3.63) is 96.1 Å². The molecule has 0 unspecified atom stereocenters. The third kappa shape index (κ3) is 3.87. The predicted molar refractivity (Wildman–Crippen MR) is 112 cm³/mol. The highest BCUT2D eigenvalue weighted by atomic mass is 15.1. The van der Waals surface area contributed by atoms with E-state index in [0.717, 1.165) is 28.2 Å². The summed E-state index contributed by atoms with van der Waals surface area (Å²) < 4.78 is 0.